The molecule has 0 saturated carbocycles. The molecule has 19 heavy (non-hydrogen) atoms. The molecule has 2 N–H and O–H groups in total. The SMILES string of the molecule is CC(C)(C)OC(=O)N[C@H](CC1CCCOC1)C(=O)O. The molecule has 0 aromatic rings. The lowest BCUT2D eigenvalue weighted by molar-refractivity contribution is -0.140. The molecule has 1 fully saturated rings. The van der Waals surface area contributed by atoms with E-state index in [1.807, 2.05) is 0 Å². The van der Waals surface area contributed by atoms with Crippen LogP contribution in [0.25, 0.3) is 0 Å². The molecule has 0 aliphatic carbocycles. The van der Waals surface area contributed by atoms with Crippen LogP contribution in [0.1, 0.15) is 40.0 Å². The highest BCUT2D eigenvalue weighted by atomic mass is 16.6. The number of ether oxygens (including phenoxy) is 2. The minimum Gasteiger partial charge on any atom is -0.480 e. The van der Waals surface area contributed by atoms with Gasteiger partial charge in [0.1, 0.15) is 11.6 Å². The van der Waals surface area contributed by atoms with Crippen LogP contribution < -0.4 is 5.32 Å². The van der Waals surface area contributed by atoms with Gasteiger partial charge in [-0.15, -0.1) is 0 Å². The van der Waals surface area contributed by atoms with Crippen molar-refractivity contribution in [2.45, 2.75) is 51.7 Å². The van der Waals surface area contributed by atoms with Crippen LogP contribution in [0.3, 0.4) is 0 Å². The van der Waals surface area contributed by atoms with Crippen LogP contribution >= 0.6 is 0 Å². The maximum Gasteiger partial charge on any atom is 0.408 e. The molecule has 1 rings (SSSR count). The Morgan fingerprint density at radius 1 is 1.47 bits per heavy atom. The van der Waals surface area contributed by atoms with Crippen LogP contribution in [-0.4, -0.2) is 42.0 Å². The second-order valence-corrected chi connectivity index (χ2v) is 5.86. The summed E-state index contributed by atoms with van der Waals surface area (Å²) >= 11 is 0. The van der Waals surface area contributed by atoms with Crippen molar-refractivity contribution in [2.75, 3.05) is 13.2 Å². The zero-order valence-electron chi connectivity index (χ0n) is 11.8. The zero-order valence-corrected chi connectivity index (χ0v) is 11.8. The van der Waals surface area contributed by atoms with Gasteiger partial charge in [-0.3, -0.25) is 0 Å². The van der Waals surface area contributed by atoms with Gasteiger partial charge in [0.2, 0.25) is 0 Å². The van der Waals surface area contributed by atoms with Crippen LogP contribution in [-0.2, 0) is 14.3 Å². The Hall–Kier alpha value is -1.30. The second-order valence-electron chi connectivity index (χ2n) is 5.86. The van der Waals surface area contributed by atoms with Crippen molar-refractivity contribution in [3.05, 3.63) is 0 Å². The lowest BCUT2D eigenvalue weighted by atomic mass is 9.94. The number of carbonyl (C=O) groups is 2. The molecule has 1 amide bonds. The van der Waals surface area contributed by atoms with Crippen molar-refractivity contribution in [3.8, 4) is 0 Å². The number of aliphatic carboxylic acids is 1. The third-order valence-electron chi connectivity index (χ3n) is 2.81. The van der Waals surface area contributed by atoms with Crippen molar-refractivity contribution in [1.29, 1.82) is 0 Å². The molecule has 0 aromatic heterocycles. The van der Waals surface area contributed by atoms with E-state index in [0.717, 1.165) is 19.4 Å². The minimum absolute atomic E-state index is 0.171. The fraction of sp³-hybridized carbons (Fsp3) is 0.846. The van der Waals surface area contributed by atoms with Gasteiger partial charge in [-0.05, 0) is 46.0 Å². The lowest BCUT2D eigenvalue weighted by Crippen LogP contribution is -2.45. The first-order chi connectivity index (χ1) is 8.78. The monoisotopic (exact) mass is 273 g/mol. The van der Waals surface area contributed by atoms with Crippen molar-refractivity contribution < 1.29 is 24.2 Å². The second kappa shape index (κ2) is 6.75. The van der Waals surface area contributed by atoms with Gasteiger partial charge in [0.15, 0.2) is 0 Å². The molecular weight excluding hydrogens is 250 g/mol. The van der Waals surface area contributed by atoms with Gasteiger partial charge in [0.05, 0.1) is 0 Å². The first kappa shape index (κ1) is 15.8. The van der Waals surface area contributed by atoms with Crippen molar-refractivity contribution in [2.24, 2.45) is 5.92 Å². The summed E-state index contributed by atoms with van der Waals surface area (Å²) in [6, 6.07) is -0.929. The number of carbonyl (C=O) groups excluding carboxylic acids is 1. The molecule has 0 bridgehead atoms. The highest BCUT2D eigenvalue weighted by Gasteiger charge is 2.27. The van der Waals surface area contributed by atoms with E-state index in [4.69, 9.17) is 14.6 Å². The normalized spacial score (nSPS) is 21.5. The van der Waals surface area contributed by atoms with Gasteiger partial charge in [-0.1, -0.05) is 0 Å². The maximum atomic E-state index is 11.6. The summed E-state index contributed by atoms with van der Waals surface area (Å²) in [5.74, 6) is -0.874. The smallest absolute Gasteiger partial charge is 0.408 e. The molecule has 110 valence electrons. The van der Waals surface area contributed by atoms with Gasteiger partial charge in [0.25, 0.3) is 0 Å². The Labute approximate surface area is 113 Å². The van der Waals surface area contributed by atoms with Crippen LogP contribution in [0, 0.1) is 5.92 Å². The van der Waals surface area contributed by atoms with Crippen LogP contribution in [0.15, 0.2) is 0 Å². The van der Waals surface area contributed by atoms with Gasteiger partial charge < -0.3 is 19.9 Å². The maximum absolute atomic E-state index is 11.6. The number of hydrogen-bond acceptors (Lipinski definition) is 4. The number of rotatable bonds is 4. The number of carboxylic acid groups (broad SMARTS) is 1. The predicted octanol–water partition coefficient (Wildman–Crippen LogP) is 1.78. The summed E-state index contributed by atoms with van der Waals surface area (Å²) in [7, 11) is 0. The first-order valence-electron chi connectivity index (χ1n) is 6.58. The van der Waals surface area contributed by atoms with Gasteiger partial charge in [0, 0.05) is 13.2 Å². The van der Waals surface area contributed by atoms with Crippen LogP contribution in [0.4, 0.5) is 4.79 Å². The van der Waals surface area contributed by atoms with Crippen LogP contribution in [0.5, 0.6) is 0 Å². The summed E-state index contributed by atoms with van der Waals surface area (Å²) in [5.41, 5.74) is -0.638. The Morgan fingerprint density at radius 3 is 2.63 bits per heavy atom. The summed E-state index contributed by atoms with van der Waals surface area (Å²) in [5, 5.41) is 11.5. The highest BCUT2D eigenvalue weighted by Crippen LogP contribution is 2.19. The molecule has 1 heterocycles. The largest absolute Gasteiger partial charge is 0.480 e. The highest BCUT2D eigenvalue weighted by molar-refractivity contribution is 5.80. The Bertz CT molecular complexity index is 317. The lowest BCUT2D eigenvalue weighted by Gasteiger charge is -2.26. The van der Waals surface area contributed by atoms with E-state index >= 15 is 0 Å². The summed E-state index contributed by atoms with van der Waals surface area (Å²) in [6.07, 6.45) is 1.54. The summed E-state index contributed by atoms with van der Waals surface area (Å²) < 4.78 is 10.4. The van der Waals surface area contributed by atoms with Gasteiger partial charge >= 0.3 is 12.1 Å². The molecular formula is C13H23NO5. The van der Waals surface area contributed by atoms with Gasteiger partial charge in [-0.25, -0.2) is 9.59 Å². The number of hydrogen-bond donors (Lipinski definition) is 2. The van der Waals surface area contributed by atoms with E-state index in [1.165, 1.54) is 0 Å². The molecule has 6 nitrogen and oxygen atoms in total. The van der Waals surface area contributed by atoms with E-state index in [9.17, 15) is 9.59 Å². The first-order valence-corrected chi connectivity index (χ1v) is 6.58. The molecule has 1 unspecified atom stereocenters. The quantitative estimate of drug-likeness (QED) is 0.815. The average Bonchev–Trinajstić information content (AvgIpc) is 2.26. The third-order valence-corrected chi connectivity index (χ3v) is 2.81. The molecule has 1 aliphatic rings. The fourth-order valence-corrected chi connectivity index (χ4v) is 2.00. The number of carboxylic acids is 1. The standard InChI is InChI=1S/C13H23NO5/c1-13(2,3)19-12(17)14-10(11(15)16)7-9-5-4-6-18-8-9/h9-10H,4-8H2,1-3H3,(H,14,17)(H,15,16)/t9?,10-/m1/s1. The number of alkyl carbamates (subject to hydrolysis) is 1. The third kappa shape index (κ3) is 6.42. The zero-order chi connectivity index (χ0) is 14.5. The average molecular weight is 273 g/mol. The fourth-order valence-electron chi connectivity index (χ4n) is 2.00. The van der Waals surface area contributed by atoms with Crippen molar-refractivity contribution in [1.82, 2.24) is 5.32 Å². The molecule has 1 saturated heterocycles. The topological polar surface area (TPSA) is 84.9 Å². The molecule has 0 aromatic carbocycles. The summed E-state index contributed by atoms with van der Waals surface area (Å²) in [4.78, 5) is 22.8. The summed E-state index contributed by atoms with van der Waals surface area (Å²) in [6.45, 7) is 6.49. The van der Waals surface area contributed by atoms with Crippen LogP contribution in [0.2, 0.25) is 0 Å². The van der Waals surface area contributed by atoms with Crippen molar-refractivity contribution >= 4 is 12.1 Å². The molecule has 0 spiro atoms. The van der Waals surface area contributed by atoms with E-state index in [1.54, 1.807) is 20.8 Å². The van der Waals surface area contributed by atoms with E-state index in [-0.39, 0.29) is 5.92 Å². The van der Waals surface area contributed by atoms with Gasteiger partial charge in [-0.2, -0.15) is 0 Å². The Balaban J connectivity index is 2.48. The molecule has 1 aliphatic heterocycles. The minimum atomic E-state index is -1.04. The van der Waals surface area contributed by atoms with E-state index in [2.05, 4.69) is 5.32 Å². The molecule has 6 heteroatoms. The Kier molecular flexibility index (Phi) is 5.60. The Morgan fingerprint density at radius 2 is 2.16 bits per heavy atom. The molecule has 0 radical (unpaired) electrons. The molecule has 2 atom stereocenters. The van der Waals surface area contributed by atoms with E-state index < -0.39 is 23.7 Å². The van der Waals surface area contributed by atoms with Crippen molar-refractivity contribution in [3.63, 3.8) is 0 Å². The van der Waals surface area contributed by atoms with E-state index in [0.29, 0.717) is 13.0 Å². The predicted molar refractivity (Wildman–Crippen MR) is 69.0 cm³/mol. The number of amides is 1. The number of nitrogens with one attached hydrogen (secondary N) is 1.